The summed E-state index contributed by atoms with van der Waals surface area (Å²) < 4.78 is 13.4. The Kier molecular flexibility index (Phi) is 4.52. The van der Waals surface area contributed by atoms with Crippen molar-refractivity contribution >= 4 is 22.8 Å². The fourth-order valence-corrected chi connectivity index (χ4v) is 3.73. The van der Waals surface area contributed by atoms with Crippen LogP contribution in [0, 0.1) is 6.92 Å². The second-order valence-electron chi connectivity index (χ2n) is 7.15. The van der Waals surface area contributed by atoms with Crippen molar-refractivity contribution in [2.75, 3.05) is 25.6 Å². The summed E-state index contributed by atoms with van der Waals surface area (Å²) in [4.78, 5) is 20.4. The summed E-state index contributed by atoms with van der Waals surface area (Å²) in [6.45, 7) is 3.19. The number of primary amides is 1. The third-order valence-electron chi connectivity index (χ3n) is 5.22. The van der Waals surface area contributed by atoms with Crippen molar-refractivity contribution in [1.82, 2.24) is 14.5 Å². The second kappa shape index (κ2) is 6.88. The van der Waals surface area contributed by atoms with Crippen molar-refractivity contribution in [3.05, 3.63) is 41.9 Å². The molecule has 0 spiro atoms. The molecule has 4 rings (SSSR count). The Morgan fingerprint density at radius 1 is 1.39 bits per heavy atom. The molecule has 3 N–H and O–H groups in total. The number of nitrogens with two attached hydrogens (primary N) is 1. The molecule has 3 aromatic rings. The molecule has 1 aliphatic rings. The SMILES string of the molecule is COC1(c2cc(C)cc(-c3cn(C)c4cnc(NC(N)=O)cc34)n2)CCOC1. The summed E-state index contributed by atoms with van der Waals surface area (Å²) in [6, 6.07) is 5.25. The smallest absolute Gasteiger partial charge is 0.317 e. The molecule has 1 saturated heterocycles. The zero-order valence-electron chi connectivity index (χ0n) is 16.2. The van der Waals surface area contributed by atoms with Crippen LogP contribution in [0.3, 0.4) is 0 Å². The third-order valence-corrected chi connectivity index (χ3v) is 5.22. The molecule has 2 amide bonds. The number of ether oxygens (including phenoxy) is 2. The van der Waals surface area contributed by atoms with Crippen LogP contribution in [0.15, 0.2) is 30.6 Å². The molecule has 0 radical (unpaired) electrons. The number of rotatable bonds is 4. The highest BCUT2D eigenvalue weighted by molar-refractivity contribution is 5.98. The first-order chi connectivity index (χ1) is 13.4. The summed E-state index contributed by atoms with van der Waals surface area (Å²) in [5, 5.41) is 3.46. The Labute approximate surface area is 162 Å². The van der Waals surface area contributed by atoms with E-state index in [0.29, 0.717) is 19.0 Å². The lowest BCUT2D eigenvalue weighted by Crippen LogP contribution is -2.30. The molecule has 4 heterocycles. The van der Waals surface area contributed by atoms with Gasteiger partial charge in [-0.3, -0.25) is 5.32 Å². The summed E-state index contributed by atoms with van der Waals surface area (Å²) in [5.74, 6) is 0.401. The number of methoxy groups -OCH3 is 1. The molecule has 1 aliphatic heterocycles. The maximum Gasteiger partial charge on any atom is 0.317 e. The van der Waals surface area contributed by atoms with Crippen LogP contribution in [0.25, 0.3) is 22.2 Å². The van der Waals surface area contributed by atoms with Gasteiger partial charge in [0.2, 0.25) is 0 Å². The van der Waals surface area contributed by atoms with Gasteiger partial charge in [0.05, 0.1) is 29.7 Å². The van der Waals surface area contributed by atoms with E-state index in [-0.39, 0.29) is 0 Å². The van der Waals surface area contributed by atoms with Crippen molar-refractivity contribution in [1.29, 1.82) is 0 Å². The van der Waals surface area contributed by atoms with E-state index in [0.717, 1.165) is 39.8 Å². The lowest BCUT2D eigenvalue weighted by atomic mass is 9.95. The predicted molar refractivity (Wildman–Crippen MR) is 106 cm³/mol. The van der Waals surface area contributed by atoms with Crippen LogP contribution in [-0.4, -0.2) is 40.9 Å². The molecule has 0 bridgehead atoms. The van der Waals surface area contributed by atoms with Crippen LogP contribution >= 0.6 is 0 Å². The van der Waals surface area contributed by atoms with Crippen molar-refractivity contribution in [3.8, 4) is 11.3 Å². The first-order valence-electron chi connectivity index (χ1n) is 9.06. The van der Waals surface area contributed by atoms with Crippen LogP contribution in [0.2, 0.25) is 0 Å². The van der Waals surface area contributed by atoms with E-state index in [1.165, 1.54) is 0 Å². The molecule has 0 aliphatic carbocycles. The number of aromatic nitrogens is 3. The lowest BCUT2D eigenvalue weighted by Gasteiger charge is -2.26. The van der Waals surface area contributed by atoms with Gasteiger partial charge in [0.15, 0.2) is 0 Å². The van der Waals surface area contributed by atoms with Crippen LogP contribution in [-0.2, 0) is 22.1 Å². The minimum Gasteiger partial charge on any atom is -0.378 e. The highest BCUT2D eigenvalue weighted by atomic mass is 16.5. The molecule has 0 aromatic carbocycles. The zero-order valence-corrected chi connectivity index (χ0v) is 16.2. The number of hydrogen-bond donors (Lipinski definition) is 2. The number of fused-ring (bicyclic) bond motifs is 1. The molecular weight excluding hydrogens is 358 g/mol. The van der Waals surface area contributed by atoms with Gasteiger partial charge in [-0.2, -0.15) is 0 Å². The topological polar surface area (TPSA) is 104 Å². The summed E-state index contributed by atoms with van der Waals surface area (Å²) >= 11 is 0. The number of aryl methyl sites for hydroxylation is 2. The molecule has 8 heteroatoms. The summed E-state index contributed by atoms with van der Waals surface area (Å²) in [6.07, 6.45) is 4.49. The van der Waals surface area contributed by atoms with Gasteiger partial charge in [-0.15, -0.1) is 0 Å². The maximum atomic E-state index is 11.2. The van der Waals surface area contributed by atoms with Gasteiger partial charge < -0.3 is 19.8 Å². The standard InChI is InChI=1S/C20H23N5O3/c1-12-6-15(23-17(7-12)20(27-3)4-5-28-11-20)14-10-25(2)16-9-22-18(8-13(14)16)24-19(21)26/h6-10H,4-5,11H2,1-3H3,(H3,21,22,24,26). The van der Waals surface area contributed by atoms with Crippen LogP contribution < -0.4 is 11.1 Å². The predicted octanol–water partition coefficient (Wildman–Crippen LogP) is 2.70. The third kappa shape index (κ3) is 3.10. The quantitative estimate of drug-likeness (QED) is 0.723. The molecule has 146 valence electrons. The Balaban J connectivity index is 1.87. The normalized spacial score (nSPS) is 19.2. The zero-order chi connectivity index (χ0) is 19.9. The second-order valence-corrected chi connectivity index (χ2v) is 7.15. The number of amides is 2. The Hall–Kier alpha value is -2.97. The minimum absolute atomic E-state index is 0.401. The van der Waals surface area contributed by atoms with E-state index in [4.69, 9.17) is 20.2 Å². The number of nitrogens with zero attached hydrogens (tertiary/aromatic N) is 3. The molecule has 1 unspecified atom stereocenters. The van der Waals surface area contributed by atoms with Crippen LogP contribution in [0.5, 0.6) is 0 Å². The summed E-state index contributed by atoms with van der Waals surface area (Å²) in [5.41, 5.74) is 9.37. The van der Waals surface area contributed by atoms with Crippen molar-refractivity contribution in [3.63, 3.8) is 0 Å². The van der Waals surface area contributed by atoms with Crippen LogP contribution in [0.4, 0.5) is 10.6 Å². The Morgan fingerprint density at radius 2 is 2.21 bits per heavy atom. The van der Waals surface area contributed by atoms with Crippen molar-refractivity contribution in [2.45, 2.75) is 18.9 Å². The largest absolute Gasteiger partial charge is 0.378 e. The maximum absolute atomic E-state index is 11.2. The molecular formula is C20H23N5O3. The van der Waals surface area contributed by atoms with Gasteiger partial charge >= 0.3 is 6.03 Å². The highest BCUT2D eigenvalue weighted by Crippen LogP contribution is 2.36. The molecule has 1 atom stereocenters. The number of carbonyl (C=O) groups is 1. The van der Waals surface area contributed by atoms with Gasteiger partial charge in [-0.05, 0) is 30.7 Å². The van der Waals surface area contributed by atoms with Gasteiger partial charge in [-0.25, -0.2) is 14.8 Å². The minimum atomic E-state index is -0.649. The first-order valence-corrected chi connectivity index (χ1v) is 9.06. The Morgan fingerprint density at radius 3 is 2.89 bits per heavy atom. The van der Waals surface area contributed by atoms with E-state index in [1.807, 2.05) is 36.9 Å². The first kappa shape index (κ1) is 18.4. The van der Waals surface area contributed by atoms with E-state index in [9.17, 15) is 4.79 Å². The molecule has 28 heavy (non-hydrogen) atoms. The van der Waals surface area contributed by atoms with E-state index in [2.05, 4.69) is 16.4 Å². The highest BCUT2D eigenvalue weighted by Gasteiger charge is 2.38. The number of urea groups is 1. The number of pyridine rings is 2. The molecule has 1 fully saturated rings. The number of anilines is 1. The van der Waals surface area contributed by atoms with Crippen LogP contribution in [0.1, 0.15) is 17.7 Å². The monoisotopic (exact) mass is 381 g/mol. The molecule has 0 saturated carbocycles. The van der Waals surface area contributed by atoms with Gasteiger partial charge in [0, 0.05) is 44.3 Å². The fraction of sp³-hybridized carbons (Fsp3) is 0.350. The average molecular weight is 381 g/mol. The number of hydrogen-bond acceptors (Lipinski definition) is 5. The van der Waals surface area contributed by atoms with Gasteiger partial charge in [0.25, 0.3) is 0 Å². The number of carbonyl (C=O) groups excluding carboxylic acids is 1. The number of nitrogens with one attached hydrogen (secondary N) is 1. The fourth-order valence-electron chi connectivity index (χ4n) is 3.73. The van der Waals surface area contributed by atoms with Crippen molar-refractivity contribution < 1.29 is 14.3 Å². The summed E-state index contributed by atoms with van der Waals surface area (Å²) in [7, 11) is 3.65. The lowest BCUT2D eigenvalue weighted by molar-refractivity contribution is -0.0245. The van der Waals surface area contributed by atoms with E-state index >= 15 is 0 Å². The van der Waals surface area contributed by atoms with Gasteiger partial charge in [-0.1, -0.05) is 0 Å². The van der Waals surface area contributed by atoms with E-state index in [1.54, 1.807) is 13.3 Å². The van der Waals surface area contributed by atoms with Gasteiger partial charge in [0.1, 0.15) is 11.4 Å². The Bertz CT molecular complexity index is 1050. The van der Waals surface area contributed by atoms with E-state index < -0.39 is 11.6 Å². The molecule has 8 nitrogen and oxygen atoms in total. The average Bonchev–Trinajstić information content (AvgIpc) is 3.26. The van der Waals surface area contributed by atoms with Crippen molar-refractivity contribution in [2.24, 2.45) is 12.8 Å². The molecule has 3 aromatic heterocycles.